The monoisotopic (exact) mass is 393 g/mol. The van der Waals surface area contributed by atoms with Gasteiger partial charge in [0.1, 0.15) is 5.75 Å². The molecule has 0 amide bonds. The molecule has 2 N–H and O–H groups in total. The molecule has 26 heavy (non-hydrogen) atoms. The Morgan fingerprint density at radius 3 is 2.77 bits per heavy atom. The fourth-order valence-corrected chi connectivity index (χ4v) is 4.16. The molecule has 1 aliphatic heterocycles. The van der Waals surface area contributed by atoms with Crippen molar-refractivity contribution in [1.82, 2.24) is 10.6 Å². The van der Waals surface area contributed by atoms with Crippen molar-refractivity contribution in [2.45, 2.75) is 32.1 Å². The lowest BCUT2D eigenvalue weighted by Gasteiger charge is -2.16. The first kappa shape index (κ1) is 20.3. The molecule has 0 radical (unpaired) electrons. The van der Waals surface area contributed by atoms with Crippen LogP contribution in [0.25, 0.3) is 0 Å². The number of alkyl halides is 3. The summed E-state index contributed by atoms with van der Waals surface area (Å²) in [4.78, 5) is 4.37. The van der Waals surface area contributed by atoms with Gasteiger partial charge in [-0.25, -0.2) is 13.4 Å². The van der Waals surface area contributed by atoms with Crippen LogP contribution in [0.4, 0.5) is 13.2 Å². The third-order valence-electron chi connectivity index (χ3n) is 3.64. The Kier molecular flexibility index (Phi) is 6.74. The standard InChI is InChI=1S/C16H22F3N3O3S/c1-2-20-15(22-13-6-7-26(23,24)10-13)21-9-12-4-3-5-14(8-12)25-11-16(17,18)19/h3-5,8,13H,2,6-7,9-11H2,1H3,(H2,20,21,22). The number of hydrogen-bond acceptors (Lipinski definition) is 4. The van der Waals surface area contributed by atoms with Crippen molar-refractivity contribution in [1.29, 1.82) is 0 Å². The van der Waals surface area contributed by atoms with Crippen molar-refractivity contribution >= 4 is 15.8 Å². The van der Waals surface area contributed by atoms with Gasteiger partial charge < -0.3 is 15.4 Å². The number of guanidine groups is 1. The number of aliphatic imine (C=N–C) groups is 1. The molecule has 0 aromatic heterocycles. The molecule has 0 spiro atoms. The maximum Gasteiger partial charge on any atom is 0.422 e. The highest BCUT2D eigenvalue weighted by molar-refractivity contribution is 7.91. The number of ether oxygens (including phenoxy) is 1. The first-order valence-electron chi connectivity index (χ1n) is 8.20. The highest BCUT2D eigenvalue weighted by atomic mass is 32.2. The average Bonchev–Trinajstić information content (AvgIpc) is 2.89. The number of halogens is 3. The first-order chi connectivity index (χ1) is 12.2. The minimum absolute atomic E-state index is 0.0676. The van der Waals surface area contributed by atoms with E-state index in [0.717, 1.165) is 0 Å². The molecule has 0 saturated carbocycles. The van der Waals surface area contributed by atoms with Gasteiger partial charge in [0.15, 0.2) is 22.4 Å². The summed E-state index contributed by atoms with van der Waals surface area (Å²) in [6.07, 6.45) is -3.87. The Morgan fingerprint density at radius 2 is 2.15 bits per heavy atom. The Morgan fingerprint density at radius 1 is 1.38 bits per heavy atom. The molecular formula is C16H22F3N3O3S. The van der Waals surface area contributed by atoms with E-state index in [-0.39, 0.29) is 29.8 Å². The van der Waals surface area contributed by atoms with Crippen LogP contribution in [0, 0.1) is 0 Å². The van der Waals surface area contributed by atoms with E-state index in [1.807, 2.05) is 6.92 Å². The van der Waals surface area contributed by atoms with Crippen LogP contribution in [-0.2, 0) is 16.4 Å². The van der Waals surface area contributed by atoms with Crippen molar-refractivity contribution in [3.63, 3.8) is 0 Å². The molecule has 1 heterocycles. The number of nitrogens with one attached hydrogen (secondary N) is 2. The predicted octanol–water partition coefficient (Wildman–Crippen LogP) is 1.87. The molecule has 6 nitrogen and oxygen atoms in total. The third-order valence-corrected chi connectivity index (χ3v) is 5.41. The van der Waals surface area contributed by atoms with Gasteiger partial charge in [-0.2, -0.15) is 13.2 Å². The van der Waals surface area contributed by atoms with Gasteiger partial charge in [0, 0.05) is 12.6 Å². The number of sulfone groups is 1. The number of hydrogen-bond donors (Lipinski definition) is 2. The number of rotatable bonds is 6. The lowest BCUT2D eigenvalue weighted by Crippen LogP contribution is -2.44. The fourth-order valence-electron chi connectivity index (χ4n) is 2.49. The Hall–Kier alpha value is -1.97. The smallest absolute Gasteiger partial charge is 0.422 e. The van der Waals surface area contributed by atoms with E-state index in [2.05, 4.69) is 15.6 Å². The van der Waals surface area contributed by atoms with Crippen LogP contribution in [0.5, 0.6) is 5.75 Å². The van der Waals surface area contributed by atoms with Crippen LogP contribution in [-0.4, -0.2) is 51.3 Å². The molecule has 1 atom stereocenters. The van der Waals surface area contributed by atoms with Crippen LogP contribution in [0.2, 0.25) is 0 Å². The molecule has 1 fully saturated rings. The summed E-state index contributed by atoms with van der Waals surface area (Å²) in [5.74, 6) is 0.812. The van der Waals surface area contributed by atoms with Gasteiger partial charge in [-0.3, -0.25) is 0 Å². The van der Waals surface area contributed by atoms with Gasteiger partial charge in [-0.15, -0.1) is 0 Å². The summed E-state index contributed by atoms with van der Waals surface area (Å²) in [5, 5.41) is 6.11. The van der Waals surface area contributed by atoms with E-state index >= 15 is 0 Å². The minimum Gasteiger partial charge on any atom is -0.484 e. The fraction of sp³-hybridized carbons (Fsp3) is 0.562. The summed E-state index contributed by atoms with van der Waals surface area (Å²) >= 11 is 0. The molecule has 0 bridgehead atoms. The minimum atomic E-state index is -4.39. The van der Waals surface area contributed by atoms with E-state index in [9.17, 15) is 21.6 Å². The average molecular weight is 393 g/mol. The second-order valence-electron chi connectivity index (χ2n) is 5.99. The van der Waals surface area contributed by atoms with Crippen molar-refractivity contribution in [3.05, 3.63) is 29.8 Å². The Balaban J connectivity index is 1.98. The quantitative estimate of drug-likeness (QED) is 0.570. The summed E-state index contributed by atoms with van der Waals surface area (Å²) in [7, 11) is -3.00. The molecule has 146 valence electrons. The summed E-state index contributed by atoms with van der Waals surface area (Å²) in [5.41, 5.74) is 0.681. The highest BCUT2D eigenvalue weighted by Crippen LogP contribution is 2.19. The van der Waals surface area contributed by atoms with Crippen molar-refractivity contribution in [3.8, 4) is 5.75 Å². The molecule has 2 rings (SSSR count). The van der Waals surface area contributed by atoms with Crippen LogP contribution >= 0.6 is 0 Å². The van der Waals surface area contributed by atoms with E-state index in [0.29, 0.717) is 24.5 Å². The van der Waals surface area contributed by atoms with E-state index in [1.165, 1.54) is 12.1 Å². The molecule has 1 aromatic rings. The SMILES string of the molecule is CCNC(=NCc1cccc(OCC(F)(F)F)c1)NC1CCS(=O)(=O)C1. The summed E-state index contributed by atoms with van der Waals surface area (Å²) in [6, 6.07) is 6.08. The molecule has 1 saturated heterocycles. The maximum atomic E-state index is 12.2. The van der Waals surface area contributed by atoms with Crippen LogP contribution in [0.3, 0.4) is 0 Å². The van der Waals surface area contributed by atoms with Gasteiger partial charge in [-0.1, -0.05) is 12.1 Å². The zero-order chi connectivity index (χ0) is 19.2. The van der Waals surface area contributed by atoms with Gasteiger partial charge in [0.25, 0.3) is 0 Å². The lowest BCUT2D eigenvalue weighted by molar-refractivity contribution is -0.153. The maximum absolute atomic E-state index is 12.2. The molecule has 1 aromatic carbocycles. The molecular weight excluding hydrogens is 371 g/mol. The van der Waals surface area contributed by atoms with E-state index in [1.54, 1.807) is 12.1 Å². The number of nitrogens with zero attached hydrogens (tertiary/aromatic N) is 1. The highest BCUT2D eigenvalue weighted by Gasteiger charge is 2.29. The topological polar surface area (TPSA) is 79.8 Å². The second kappa shape index (κ2) is 8.61. The van der Waals surface area contributed by atoms with Gasteiger partial charge >= 0.3 is 6.18 Å². The largest absolute Gasteiger partial charge is 0.484 e. The van der Waals surface area contributed by atoms with Crippen LogP contribution < -0.4 is 15.4 Å². The third kappa shape index (κ3) is 7.11. The summed E-state index contributed by atoms with van der Waals surface area (Å²) < 4.78 is 64.5. The van der Waals surface area contributed by atoms with Crippen molar-refractivity contribution in [2.75, 3.05) is 24.7 Å². The van der Waals surface area contributed by atoms with Crippen molar-refractivity contribution in [2.24, 2.45) is 4.99 Å². The van der Waals surface area contributed by atoms with Crippen LogP contribution in [0.15, 0.2) is 29.3 Å². The first-order valence-corrected chi connectivity index (χ1v) is 10.0. The van der Waals surface area contributed by atoms with Crippen molar-refractivity contribution < 1.29 is 26.3 Å². The zero-order valence-corrected chi connectivity index (χ0v) is 15.2. The molecule has 0 aliphatic carbocycles. The van der Waals surface area contributed by atoms with Gasteiger partial charge in [0.2, 0.25) is 0 Å². The van der Waals surface area contributed by atoms with E-state index < -0.39 is 22.6 Å². The van der Waals surface area contributed by atoms with Crippen LogP contribution in [0.1, 0.15) is 18.9 Å². The Labute approximate surface area is 150 Å². The molecule has 1 aliphatic rings. The second-order valence-corrected chi connectivity index (χ2v) is 8.22. The van der Waals surface area contributed by atoms with E-state index in [4.69, 9.17) is 4.74 Å². The molecule has 1 unspecified atom stereocenters. The summed E-state index contributed by atoms with van der Waals surface area (Å²) in [6.45, 7) is 1.35. The Bertz CT molecular complexity index is 736. The lowest BCUT2D eigenvalue weighted by atomic mass is 10.2. The normalized spacial score (nSPS) is 20.0. The van der Waals surface area contributed by atoms with Gasteiger partial charge in [0.05, 0.1) is 18.1 Å². The van der Waals surface area contributed by atoms with Gasteiger partial charge in [-0.05, 0) is 31.0 Å². The number of benzene rings is 1. The predicted molar refractivity (Wildman–Crippen MR) is 93.0 cm³/mol. The zero-order valence-electron chi connectivity index (χ0n) is 14.3. The molecule has 10 heteroatoms.